The zero-order chi connectivity index (χ0) is 21.3. The molecule has 2 aromatic carbocycles. The molecule has 0 saturated carbocycles. The SMILES string of the molecule is CCN1CCC(CNC(=O)CN(C(=O)c2ccc(OC)cc2)c2ccccc2)CC1. The van der Waals surface area contributed by atoms with Gasteiger partial charge in [0.2, 0.25) is 5.91 Å². The third-order valence-electron chi connectivity index (χ3n) is 5.69. The smallest absolute Gasteiger partial charge is 0.258 e. The van der Waals surface area contributed by atoms with Crippen LogP contribution in [0, 0.1) is 5.92 Å². The van der Waals surface area contributed by atoms with Crippen molar-refractivity contribution in [2.45, 2.75) is 19.8 Å². The van der Waals surface area contributed by atoms with E-state index in [1.54, 1.807) is 31.4 Å². The Bertz CT molecular complexity index is 815. The predicted octanol–water partition coefficient (Wildman–Crippen LogP) is 3.19. The fourth-order valence-corrected chi connectivity index (χ4v) is 3.74. The number of nitrogens with one attached hydrogen (secondary N) is 1. The number of likely N-dealkylation sites (tertiary alicyclic amines) is 1. The third kappa shape index (κ3) is 5.83. The van der Waals surface area contributed by atoms with Gasteiger partial charge in [-0.3, -0.25) is 14.5 Å². The number of anilines is 1. The number of piperidine rings is 1. The fourth-order valence-electron chi connectivity index (χ4n) is 3.74. The standard InChI is InChI=1S/C24H31N3O3/c1-3-26-15-13-19(14-16-26)17-25-23(28)18-27(21-7-5-4-6-8-21)24(29)20-9-11-22(30-2)12-10-20/h4-12,19H,3,13-18H2,1-2H3,(H,25,28). The highest BCUT2D eigenvalue weighted by atomic mass is 16.5. The molecular formula is C24H31N3O3. The molecule has 0 spiro atoms. The van der Waals surface area contributed by atoms with E-state index in [1.807, 2.05) is 30.3 Å². The van der Waals surface area contributed by atoms with E-state index in [0.717, 1.165) is 32.5 Å². The molecule has 160 valence electrons. The van der Waals surface area contributed by atoms with Crippen molar-refractivity contribution in [2.24, 2.45) is 5.92 Å². The lowest BCUT2D eigenvalue weighted by molar-refractivity contribution is -0.120. The number of ether oxygens (including phenoxy) is 1. The lowest BCUT2D eigenvalue weighted by Gasteiger charge is -2.31. The first-order chi connectivity index (χ1) is 14.6. The van der Waals surface area contributed by atoms with Gasteiger partial charge < -0.3 is 15.0 Å². The Kier molecular flexibility index (Phi) is 7.85. The number of carbonyl (C=O) groups is 2. The molecule has 0 bridgehead atoms. The van der Waals surface area contributed by atoms with Crippen LogP contribution in [0.5, 0.6) is 5.75 Å². The monoisotopic (exact) mass is 409 g/mol. The van der Waals surface area contributed by atoms with Crippen molar-refractivity contribution in [3.05, 3.63) is 60.2 Å². The van der Waals surface area contributed by atoms with E-state index in [4.69, 9.17) is 4.74 Å². The Hall–Kier alpha value is -2.86. The summed E-state index contributed by atoms with van der Waals surface area (Å²) >= 11 is 0. The summed E-state index contributed by atoms with van der Waals surface area (Å²) in [5.41, 5.74) is 1.21. The molecule has 2 aromatic rings. The molecule has 1 aliphatic rings. The van der Waals surface area contributed by atoms with Gasteiger partial charge in [0.05, 0.1) is 7.11 Å². The van der Waals surface area contributed by atoms with E-state index in [0.29, 0.717) is 29.5 Å². The predicted molar refractivity (Wildman–Crippen MR) is 119 cm³/mol. The first kappa shape index (κ1) is 21.8. The van der Waals surface area contributed by atoms with E-state index < -0.39 is 0 Å². The Balaban J connectivity index is 1.64. The van der Waals surface area contributed by atoms with Gasteiger partial charge in [0.1, 0.15) is 12.3 Å². The van der Waals surface area contributed by atoms with Crippen LogP contribution in [-0.4, -0.2) is 56.5 Å². The topological polar surface area (TPSA) is 61.9 Å². The molecule has 1 N–H and O–H groups in total. The molecule has 0 unspecified atom stereocenters. The number of benzene rings is 2. The van der Waals surface area contributed by atoms with Gasteiger partial charge in [-0.15, -0.1) is 0 Å². The summed E-state index contributed by atoms with van der Waals surface area (Å²) in [6, 6.07) is 16.2. The molecular weight excluding hydrogens is 378 g/mol. The minimum absolute atomic E-state index is 0.0112. The van der Waals surface area contributed by atoms with E-state index in [-0.39, 0.29) is 18.4 Å². The minimum atomic E-state index is -0.213. The van der Waals surface area contributed by atoms with Gasteiger partial charge in [0, 0.05) is 17.8 Å². The summed E-state index contributed by atoms with van der Waals surface area (Å²) < 4.78 is 5.17. The number of para-hydroxylation sites is 1. The number of methoxy groups -OCH3 is 1. The summed E-state index contributed by atoms with van der Waals surface area (Å²) in [7, 11) is 1.59. The van der Waals surface area contributed by atoms with Crippen molar-refractivity contribution in [3.63, 3.8) is 0 Å². The summed E-state index contributed by atoms with van der Waals surface area (Å²) in [6.07, 6.45) is 2.20. The molecule has 1 saturated heterocycles. The van der Waals surface area contributed by atoms with Crippen molar-refractivity contribution < 1.29 is 14.3 Å². The maximum Gasteiger partial charge on any atom is 0.258 e. The number of carbonyl (C=O) groups excluding carboxylic acids is 2. The first-order valence-corrected chi connectivity index (χ1v) is 10.6. The number of hydrogen-bond acceptors (Lipinski definition) is 4. The second-order valence-electron chi connectivity index (χ2n) is 7.64. The second kappa shape index (κ2) is 10.8. The van der Waals surface area contributed by atoms with E-state index >= 15 is 0 Å². The molecule has 0 atom stereocenters. The molecule has 6 heteroatoms. The maximum atomic E-state index is 13.2. The molecule has 0 radical (unpaired) electrons. The van der Waals surface area contributed by atoms with Crippen molar-refractivity contribution in [1.82, 2.24) is 10.2 Å². The maximum absolute atomic E-state index is 13.2. The van der Waals surface area contributed by atoms with Gasteiger partial charge in [0.15, 0.2) is 0 Å². The molecule has 0 aliphatic carbocycles. The van der Waals surface area contributed by atoms with Crippen LogP contribution in [0.4, 0.5) is 5.69 Å². The van der Waals surface area contributed by atoms with Gasteiger partial charge in [-0.1, -0.05) is 25.1 Å². The van der Waals surface area contributed by atoms with Crippen LogP contribution < -0.4 is 15.0 Å². The molecule has 30 heavy (non-hydrogen) atoms. The number of nitrogens with zero attached hydrogens (tertiary/aromatic N) is 2. The van der Waals surface area contributed by atoms with Gasteiger partial charge in [-0.2, -0.15) is 0 Å². The van der Waals surface area contributed by atoms with Crippen LogP contribution in [0.1, 0.15) is 30.1 Å². The molecule has 6 nitrogen and oxygen atoms in total. The van der Waals surface area contributed by atoms with Gasteiger partial charge >= 0.3 is 0 Å². The first-order valence-electron chi connectivity index (χ1n) is 10.6. The highest BCUT2D eigenvalue weighted by molar-refractivity contribution is 6.08. The van der Waals surface area contributed by atoms with Crippen molar-refractivity contribution in [1.29, 1.82) is 0 Å². The van der Waals surface area contributed by atoms with E-state index in [1.165, 1.54) is 4.90 Å². The van der Waals surface area contributed by atoms with Crippen molar-refractivity contribution in [2.75, 3.05) is 44.7 Å². The summed E-state index contributed by atoms with van der Waals surface area (Å²) in [5.74, 6) is 0.831. The molecule has 0 aromatic heterocycles. The van der Waals surface area contributed by atoms with Crippen molar-refractivity contribution >= 4 is 17.5 Å². The normalized spacial score (nSPS) is 14.9. The van der Waals surface area contributed by atoms with E-state index in [9.17, 15) is 9.59 Å². The number of rotatable bonds is 8. The highest BCUT2D eigenvalue weighted by Gasteiger charge is 2.22. The quantitative estimate of drug-likeness (QED) is 0.727. The zero-order valence-electron chi connectivity index (χ0n) is 17.8. The van der Waals surface area contributed by atoms with Crippen molar-refractivity contribution in [3.8, 4) is 5.75 Å². The molecule has 3 rings (SSSR count). The Morgan fingerprint density at radius 3 is 2.33 bits per heavy atom. The van der Waals surface area contributed by atoms with E-state index in [2.05, 4.69) is 17.1 Å². The number of amides is 2. The number of hydrogen-bond donors (Lipinski definition) is 1. The summed E-state index contributed by atoms with van der Waals surface area (Å²) in [6.45, 7) is 6.09. The Morgan fingerprint density at radius 2 is 1.73 bits per heavy atom. The molecule has 1 fully saturated rings. The highest BCUT2D eigenvalue weighted by Crippen LogP contribution is 2.19. The average Bonchev–Trinajstić information content (AvgIpc) is 2.81. The minimum Gasteiger partial charge on any atom is -0.497 e. The van der Waals surface area contributed by atoms with Crippen LogP contribution in [0.3, 0.4) is 0 Å². The van der Waals surface area contributed by atoms with Gasteiger partial charge in [-0.25, -0.2) is 0 Å². The largest absolute Gasteiger partial charge is 0.497 e. The van der Waals surface area contributed by atoms with Crippen LogP contribution in [0.25, 0.3) is 0 Å². The third-order valence-corrected chi connectivity index (χ3v) is 5.69. The fraction of sp³-hybridized carbons (Fsp3) is 0.417. The van der Waals surface area contributed by atoms with Gasteiger partial charge in [-0.05, 0) is 74.8 Å². The van der Waals surface area contributed by atoms with Gasteiger partial charge in [0.25, 0.3) is 5.91 Å². The lowest BCUT2D eigenvalue weighted by Crippen LogP contribution is -2.43. The Labute approximate surface area is 178 Å². The molecule has 1 aliphatic heterocycles. The van der Waals surface area contributed by atoms with Crippen LogP contribution in [-0.2, 0) is 4.79 Å². The molecule has 1 heterocycles. The lowest BCUT2D eigenvalue weighted by atomic mass is 9.97. The average molecular weight is 410 g/mol. The zero-order valence-corrected chi connectivity index (χ0v) is 17.8. The summed E-state index contributed by atoms with van der Waals surface area (Å²) in [4.78, 5) is 29.8. The summed E-state index contributed by atoms with van der Waals surface area (Å²) in [5, 5.41) is 3.04. The van der Waals surface area contributed by atoms with Crippen LogP contribution >= 0.6 is 0 Å². The van der Waals surface area contributed by atoms with Crippen LogP contribution in [0.15, 0.2) is 54.6 Å². The molecule has 2 amide bonds. The Morgan fingerprint density at radius 1 is 1.07 bits per heavy atom. The van der Waals surface area contributed by atoms with Crippen LogP contribution in [0.2, 0.25) is 0 Å². The second-order valence-corrected chi connectivity index (χ2v) is 7.64.